The van der Waals surface area contributed by atoms with Crippen LogP contribution in [0.25, 0.3) is 10.6 Å². The van der Waals surface area contributed by atoms with E-state index < -0.39 is 5.97 Å². The van der Waals surface area contributed by atoms with Crippen LogP contribution in [0.2, 0.25) is 0 Å². The van der Waals surface area contributed by atoms with Crippen molar-refractivity contribution in [2.45, 2.75) is 25.8 Å². The standard InChI is InChI=1S/C17H19N3OS.C4H6O2/c21-16(19-14-11-20-8-6-12(14)7-9-20)15-10-18-17(22-15)13-4-2-1-3-5-13;1-2-3-4(5)6/h1-5,10,12,14H,6-9,11H2,(H,19,21);2-3H,1H3,(H,5,6)/b;3-2+/t14-;/m0./s1. The van der Waals surface area contributed by atoms with Crippen molar-refractivity contribution in [2.24, 2.45) is 5.92 Å². The molecule has 0 aliphatic carbocycles. The number of carbonyl (C=O) groups excluding carboxylic acids is 1. The predicted molar refractivity (Wildman–Crippen MR) is 110 cm³/mol. The molecule has 1 atom stereocenters. The van der Waals surface area contributed by atoms with Crippen molar-refractivity contribution >= 4 is 23.2 Å². The molecule has 1 aromatic carbocycles. The quantitative estimate of drug-likeness (QED) is 0.771. The zero-order valence-electron chi connectivity index (χ0n) is 15.9. The Morgan fingerprint density at radius 3 is 2.50 bits per heavy atom. The highest BCUT2D eigenvalue weighted by molar-refractivity contribution is 7.16. The number of carbonyl (C=O) groups is 2. The number of benzene rings is 1. The van der Waals surface area contributed by atoms with Crippen LogP contribution in [0, 0.1) is 5.92 Å². The van der Waals surface area contributed by atoms with Crippen molar-refractivity contribution in [3.05, 3.63) is 53.6 Å². The summed E-state index contributed by atoms with van der Waals surface area (Å²) in [6.45, 7) is 5.04. The molecule has 1 amide bonds. The van der Waals surface area contributed by atoms with Crippen LogP contribution in [0.15, 0.2) is 48.7 Å². The molecule has 0 saturated carbocycles. The van der Waals surface area contributed by atoms with E-state index in [0.717, 1.165) is 23.2 Å². The largest absolute Gasteiger partial charge is 0.478 e. The fourth-order valence-corrected chi connectivity index (χ4v) is 4.43. The maximum Gasteiger partial charge on any atom is 0.327 e. The first-order valence-corrected chi connectivity index (χ1v) is 10.3. The maximum atomic E-state index is 12.5. The van der Waals surface area contributed by atoms with Gasteiger partial charge in [-0.3, -0.25) is 4.79 Å². The average molecular weight is 400 g/mol. The van der Waals surface area contributed by atoms with Gasteiger partial charge in [0, 0.05) is 24.2 Å². The summed E-state index contributed by atoms with van der Waals surface area (Å²) < 4.78 is 0. The Morgan fingerprint density at radius 1 is 1.25 bits per heavy atom. The zero-order valence-corrected chi connectivity index (χ0v) is 16.7. The molecule has 5 rings (SSSR count). The first kappa shape index (κ1) is 20.2. The van der Waals surface area contributed by atoms with Gasteiger partial charge in [0.1, 0.15) is 9.88 Å². The number of nitrogens with one attached hydrogen (secondary N) is 1. The Bertz CT molecular complexity index is 826. The van der Waals surface area contributed by atoms with Crippen molar-refractivity contribution in [1.82, 2.24) is 15.2 Å². The van der Waals surface area contributed by atoms with Crippen LogP contribution in [-0.2, 0) is 4.79 Å². The fraction of sp³-hybridized carbons (Fsp3) is 0.381. The molecule has 0 radical (unpaired) electrons. The second kappa shape index (κ2) is 9.61. The van der Waals surface area contributed by atoms with Crippen molar-refractivity contribution in [2.75, 3.05) is 19.6 Å². The van der Waals surface area contributed by atoms with E-state index in [1.165, 1.54) is 43.3 Å². The topological polar surface area (TPSA) is 82.5 Å². The minimum atomic E-state index is -0.891. The van der Waals surface area contributed by atoms with Crippen LogP contribution in [0.5, 0.6) is 0 Å². The summed E-state index contributed by atoms with van der Waals surface area (Å²) in [7, 11) is 0. The monoisotopic (exact) mass is 399 g/mol. The van der Waals surface area contributed by atoms with Gasteiger partial charge >= 0.3 is 5.97 Å². The molecule has 148 valence electrons. The lowest BCUT2D eigenvalue weighted by atomic mass is 9.84. The van der Waals surface area contributed by atoms with Gasteiger partial charge in [-0.2, -0.15) is 0 Å². The number of nitrogens with zero attached hydrogens (tertiary/aromatic N) is 2. The van der Waals surface area contributed by atoms with Crippen molar-refractivity contribution in [3.8, 4) is 10.6 Å². The molecule has 1 aromatic heterocycles. The van der Waals surface area contributed by atoms with E-state index in [-0.39, 0.29) is 5.91 Å². The molecule has 3 aliphatic rings. The molecule has 3 fully saturated rings. The Balaban J connectivity index is 0.000000330. The van der Waals surface area contributed by atoms with Gasteiger partial charge in [0.2, 0.25) is 0 Å². The molecule has 6 nitrogen and oxygen atoms in total. The van der Waals surface area contributed by atoms with Crippen molar-refractivity contribution < 1.29 is 14.7 Å². The number of rotatable bonds is 4. The second-order valence-corrected chi connectivity index (χ2v) is 7.98. The summed E-state index contributed by atoms with van der Waals surface area (Å²) >= 11 is 1.47. The van der Waals surface area contributed by atoms with Gasteiger partial charge in [-0.25, -0.2) is 9.78 Å². The van der Waals surface area contributed by atoms with Crippen LogP contribution >= 0.6 is 11.3 Å². The molecular weight excluding hydrogens is 374 g/mol. The highest BCUT2D eigenvalue weighted by Crippen LogP contribution is 2.29. The third-order valence-electron chi connectivity index (χ3n) is 5.03. The van der Waals surface area contributed by atoms with Gasteiger partial charge in [-0.1, -0.05) is 36.4 Å². The number of carboxylic acids is 1. The normalized spacial score (nSPS) is 23.1. The number of hydrogen-bond donors (Lipinski definition) is 2. The van der Waals surface area contributed by atoms with Crippen LogP contribution in [-0.4, -0.2) is 52.5 Å². The van der Waals surface area contributed by atoms with E-state index in [1.54, 1.807) is 13.1 Å². The van der Waals surface area contributed by atoms with E-state index in [9.17, 15) is 9.59 Å². The van der Waals surface area contributed by atoms with E-state index in [2.05, 4.69) is 15.2 Å². The predicted octanol–water partition coefficient (Wildman–Crippen LogP) is 3.28. The molecule has 0 unspecified atom stereocenters. The molecule has 28 heavy (non-hydrogen) atoms. The van der Waals surface area contributed by atoms with Gasteiger partial charge in [0.15, 0.2) is 0 Å². The zero-order chi connectivity index (χ0) is 19.9. The smallest absolute Gasteiger partial charge is 0.327 e. The summed E-state index contributed by atoms with van der Waals surface area (Å²) in [6, 6.07) is 10.3. The van der Waals surface area contributed by atoms with Gasteiger partial charge in [0.05, 0.1) is 6.20 Å². The number of thiazole rings is 1. The van der Waals surface area contributed by atoms with Crippen LogP contribution in [0.1, 0.15) is 29.4 Å². The van der Waals surface area contributed by atoms with Crippen molar-refractivity contribution in [1.29, 1.82) is 0 Å². The minimum Gasteiger partial charge on any atom is -0.478 e. The Kier molecular flexibility index (Phi) is 6.95. The van der Waals surface area contributed by atoms with Gasteiger partial charge < -0.3 is 15.3 Å². The van der Waals surface area contributed by atoms with Crippen LogP contribution < -0.4 is 5.32 Å². The molecule has 4 heterocycles. The summed E-state index contributed by atoms with van der Waals surface area (Å²) in [4.78, 5) is 29.5. The SMILES string of the molecule is C/C=C/C(=O)O.O=C(N[C@H]1CN2CCC1CC2)c1cnc(-c2ccccc2)s1. The minimum absolute atomic E-state index is 0.0263. The third-order valence-corrected chi connectivity index (χ3v) is 6.08. The molecule has 2 N–H and O–H groups in total. The maximum absolute atomic E-state index is 12.5. The van der Waals surface area contributed by atoms with E-state index in [0.29, 0.717) is 16.8 Å². The van der Waals surface area contributed by atoms with Gasteiger partial charge in [-0.15, -0.1) is 11.3 Å². The number of allylic oxidation sites excluding steroid dienone is 1. The molecule has 3 saturated heterocycles. The average Bonchev–Trinajstić information content (AvgIpc) is 3.20. The van der Waals surface area contributed by atoms with Crippen LogP contribution in [0.3, 0.4) is 0 Å². The molecule has 2 aromatic rings. The lowest BCUT2D eigenvalue weighted by molar-refractivity contribution is -0.131. The Labute approximate surface area is 168 Å². The summed E-state index contributed by atoms with van der Waals surface area (Å²) in [5.41, 5.74) is 1.06. The first-order chi connectivity index (χ1) is 13.6. The number of carboxylic acid groups (broad SMARTS) is 1. The Hall–Kier alpha value is -2.51. The molecule has 0 spiro atoms. The number of piperidine rings is 3. The second-order valence-electron chi connectivity index (χ2n) is 6.95. The Morgan fingerprint density at radius 2 is 1.96 bits per heavy atom. The van der Waals surface area contributed by atoms with E-state index in [1.807, 2.05) is 30.3 Å². The molecular formula is C21H25N3O3S. The molecule has 2 bridgehead atoms. The number of aromatic nitrogens is 1. The lowest BCUT2D eigenvalue weighted by Crippen LogP contribution is -2.57. The third kappa shape index (κ3) is 5.27. The van der Waals surface area contributed by atoms with E-state index in [4.69, 9.17) is 5.11 Å². The molecule has 7 heteroatoms. The summed E-state index contributed by atoms with van der Waals surface area (Å²) in [6.07, 6.45) is 6.68. The summed E-state index contributed by atoms with van der Waals surface area (Å²) in [5, 5.41) is 12.0. The van der Waals surface area contributed by atoms with Crippen LogP contribution in [0.4, 0.5) is 0 Å². The lowest BCUT2D eigenvalue weighted by Gasteiger charge is -2.44. The highest BCUT2D eigenvalue weighted by atomic mass is 32.1. The van der Waals surface area contributed by atoms with E-state index >= 15 is 0 Å². The summed E-state index contributed by atoms with van der Waals surface area (Å²) in [5.74, 6) is -0.216. The number of aliphatic carboxylic acids is 1. The molecule has 3 aliphatic heterocycles. The number of fused-ring (bicyclic) bond motifs is 3. The van der Waals surface area contributed by atoms with Gasteiger partial charge in [0.25, 0.3) is 5.91 Å². The van der Waals surface area contributed by atoms with Crippen molar-refractivity contribution in [3.63, 3.8) is 0 Å². The highest BCUT2D eigenvalue weighted by Gasteiger charge is 2.35. The first-order valence-electron chi connectivity index (χ1n) is 9.47. The van der Waals surface area contributed by atoms with Gasteiger partial charge in [-0.05, 0) is 38.8 Å². The fourth-order valence-electron chi connectivity index (χ4n) is 3.60. The number of hydrogen-bond acceptors (Lipinski definition) is 5. The number of amides is 1.